The summed E-state index contributed by atoms with van der Waals surface area (Å²) in [4.78, 5) is 12.8. The van der Waals surface area contributed by atoms with Crippen molar-refractivity contribution < 1.29 is 19.4 Å². The van der Waals surface area contributed by atoms with Gasteiger partial charge in [0.05, 0.1) is 5.52 Å². The minimum Gasteiger partial charge on any atom is -0.483 e. The van der Waals surface area contributed by atoms with Crippen LogP contribution < -0.4 is 5.32 Å². The molecule has 0 amide bonds. The number of carbonyl (C=O) groups is 1. The molecule has 0 spiro atoms. The second-order valence-corrected chi connectivity index (χ2v) is 5.35. The number of fused-ring (bicyclic) bond motifs is 1. The molecule has 6 heteroatoms. The summed E-state index contributed by atoms with van der Waals surface area (Å²) in [6.45, 7) is 1.82. The zero-order valence-electron chi connectivity index (χ0n) is 13.7. The Morgan fingerprint density at radius 3 is 2.64 bits per heavy atom. The lowest BCUT2D eigenvalue weighted by atomic mass is 10.1. The molecule has 0 unspecified atom stereocenters. The van der Waals surface area contributed by atoms with Gasteiger partial charge < -0.3 is 15.5 Å². The fourth-order valence-corrected chi connectivity index (χ4v) is 2.56. The lowest BCUT2D eigenvalue weighted by molar-refractivity contribution is -0.122. The summed E-state index contributed by atoms with van der Waals surface area (Å²) in [7, 11) is 0. The maximum absolute atomic E-state index is 13.4. The smallest absolute Gasteiger partial charge is 0.290 e. The van der Waals surface area contributed by atoms with Gasteiger partial charge >= 0.3 is 0 Å². The van der Waals surface area contributed by atoms with Crippen LogP contribution in [0.15, 0.2) is 48.5 Å². The first-order valence-corrected chi connectivity index (χ1v) is 7.69. The average Bonchev–Trinajstić information content (AvgIpc) is 2.57. The monoisotopic (exact) mass is 342 g/mol. The van der Waals surface area contributed by atoms with Gasteiger partial charge in [0, 0.05) is 23.7 Å². The van der Waals surface area contributed by atoms with Crippen molar-refractivity contribution in [2.75, 3.05) is 11.9 Å². The Kier molecular flexibility index (Phi) is 6.42. The molecule has 3 aromatic rings. The molecule has 0 radical (unpaired) electrons. The maximum atomic E-state index is 13.4. The first kappa shape index (κ1) is 18.4. The number of halogens is 1. The highest BCUT2D eigenvalue weighted by Gasteiger charge is 2.06. The van der Waals surface area contributed by atoms with Crippen LogP contribution in [0.4, 0.5) is 15.9 Å². The Balaban J connectivity index is 0.000000701. The summed E-state index contributed by atoms with van der Waals surface area (Å²) in [6, 6.07) is 14.3. The van der Waals surface area contributed by atoms with Crippen LogP contribution in [-0.2, 0) is 11.2 Å². The molecule has 1 heterocycles. The topological polar surface area (TPSA) is 82.5 Å². The molecule has 0 saturated heterocycles. The van der Waals surface area contributed by atoms with Crippen LogP contribution in [0, 0.1) is 12.7 Å². The molecule has 0 atom stereocenters. The Morgan fingerprint density at radius 2 is 1.92 bits per heavy atom. The van der Waals surface area contributed by atoms with E-state index in [0.29, 0.717) is 17.8 Å². The summed E-state index contributed by atoms with van der Waals surface area (Å²) < 4.78 is 13.4. The number of pyridine rings is 1. The number of benzene rings is 2. The van der Waals surface area contributed by atoms with Gasteiger partial charge in [0.1, 0.15) is 11.6 Å². The molecule has 0 aliphatic carbocycles. The van der Waals surface area contributed by atoms with E-state index in [4.69, 9.17) is 15.0 Å². The van der Waals surface area contributed by atoms with E-state index in [1.54, 1.807) is 6.07 Å². The summed E-state index contributed by atoms with van der Waals surface area (Å²) in [5, 5.41) is 20.2. The van der Waals surface area contributed by atoms with Gasteiger partial charge in [-0.25, -0.2) is 9.37 Å². The van der Waals surface area contributed by atoms with Crippen molar-refractivity contribution in [2.45, 2.75) is 13.3 Å². The molecular formula is C19H19FN2O3. The predicted molar refractivity (Wildman–Crippen MR) is 95.6 cm³/mol. The number of nitrogens with one attached hydrogen (secondary N) is 1. The van der Waals surface area contributed by atoms with E-state index in [9.17, 15) is 4.39 Å². The first-order chi connectivity index (χ1) is 12.1. The lowest BCUT2D eigenvalue weighted by Crippen LogP contribution is -2.00. The first-order valence-electron chi connectivity index (χ1n) is 7.69. The summed E-state index contributed by atoms with van der Waals surface area (Å²) in [5.74, 6) is 0.373. The normalized spacial score (nSPS) is 10.0. The van der Waals surface area contributed by atoms with Crippen molar-refractivity contribution >= 4 is 28.9 Å². The molecule has 1 aromatic heterocycles. The summed E-state index contributed by atoms with van der Waals surface area (Å²) in [5.41, 5.74) is 3.58. The van der Waals surface area contributed by atoms with E-state index in [1.165, 1.54) is 12.1 Å². The van der Waals surface area contributed by atoms with Crippen LogP contribution in [0.3, 0.4) is 0 Å². The Bertz CT molecular complexity index is 868. The highest BCUT2D eigenvalue weighted by atomic mass is 19.1. The van der Waals surface area contributed by atoms with E-state index in [0.717, 1.165) is 22.2 Å². The largest absolute Gasteiger partial charge is 0.483 e. The van der Waals surface area contributed by atoms with E-state index in [1.807, 2.05) is 37.3 Å². The number of para-hydroxylation sites is 1. The van der Waals surface area contributed by atoms with Gasteiger partial charge in [0.15, 0.2) is 0 Å². The van der Waals surface area contributed by atoms with Crippen LogP contribution in [0.1, 0.15) is 11.1 Å². The number of aliphatic hydroxyl groups excluding tert-OH is 1. The zero-order chi connectivity index (χ0) is 18.2. The molecule has 130 valence electrons. The number of anilines is 2. The minimum atomic E-state index is -0.294. The molecule has 0 saturated carbocycles. The number of nitrogens with zero attached hydrogens (tertiary/aromatic N) is 1. The van der Waals surface area contributed by atoms with Crippen molar-refractivity contribution in [1.82, 2.24) is 4.98 Å². The van der Waals surface area contributed by atoms with Crippen LogP contribution >= 0.6 is 0 Å². The molecule has 2 aromatic carbocycles. The Labute approximate surface area is 144 Å². The van der Waals surface area contributed by atoms with E-state index < -0.39 is 0 Å². The van der Waals surface area contributed by atoms with Gasteiger partial charge in [-0.15, -0.1) is 0 Å². The summed E-state index contributed by atoms with van der Waals surface area (Å²) in [6.07, 6.45) is 0.574. The Morgan fingerprint density at radius 1 is 1.20 bits per heavy atom. The number of carboxylic acid groups (broad SMARTS) is 1. The number of rotatable bonds is 4. The molecule has 0 fully saturated rings. The summed E-state index contributed by atoms with van der Waals surface area (Å²) >= 11 is 0. The van der Waals surface area contributed by atoms with Gasteiger partial charge in [-0.1, -0.05) is 18.2 Å². The number of aromatic nitrogens is 1. The molecule has 3 rings (SSSR count). The fraction of sp³-hybridized carbons (Fsp3) is 0.158. The molecule has 3 N–H and O–H groups in total. The van der Waals surface area contributed by atoms with Crippen LogP contribution in [-0.4, -0.2) is 28.3 Å². The van der Waals surface area contributed by atoms with Crippen LogP contribution in [0.5, 0.6) is 0 Å². The highest BCUT2D eigenvalue weighted by Crippen LogP contribution is 2.25. The quantitative estimate of drug-likeness (QED) is 0.630. The van der Waals surface area contributed by atoms with Crippen molar-refractivity contribution in [2.24, 2.45) is 0 Å². The number of aliphatic hydroxyl groups is 1. The minimum absolute atomic E-state index is 0.0914. The second-order valence-electron chi connectivity index (χ2n) is 5.35. The number of hydrogen-bond donors (Lipinski definition) is 3. The van der Waals surface area contributed by atoms with Crippen molar-refractivity contribution in [3.05, 3.63) is 65.5 Å². The van der Waals surface area contributed by atoms with Gasteiger partial charge in [-0.05, 0) is 48.7 Å². The third kappa shape index (κ3) is 4.74. The third-order valence-electron chi connectivity index (χ3n) is 3.64. The van der Waals surface area contributed by atoms with Gasteiger partial charge in [0.25, 0.3) is 6.47 Å². The third-order valence-corrected chi connectivity index (χ3v) is 3.64. The van der Waals surface area contributed by atoms with Crippen molar-refractivity contribution in [3.8, 4) is 0 Å². The number of aryl methyl sites for hydroxylation is 1. The molecule has 0 bridgehead atoms. The van der Waals surface area contributed by atoms with Crippen molar-refractivity contribution in [1.29, 1.82) is 0 Å². The molecular weight excluding hydrogens is 323 g/mol. The van der Waals surface area contributed by atoms with E-state index in [2.05, 4.69) is 10.3 Å². The number of hydrogen-bond acceptors (Lipinski definition) is 4. The second kappa shape index (κ2) is 8.75. The van der Waals surface area contributed by atoms with Crippen LogP contribution in [0.25, 0.3) is 10.9 Å². The molecule has 0 aliphatic heterocycles. The average molecular weight is 342 g/mol. The standard InChI is InChI=1S/C18H17FN2O.CH2O2/c1-12-10-18(21-17-11-14(19)6-7-15(12)17)20-16-5-3-2-4-13(16)8-9-22;2-1-3/h2-7,10-11,22H,8-9H2,1H3,(H,20,21);1H,(H,2,3). The molecule has 5 nitrogen and oxygen atoms in total. The van der Waals surface area contributed by atoms with E-state index in [-0.39, 0.29) is 18.9 Å². The SMILES string of the molecule is Cc1cc(Nc2ccccc2CCO)nc2cc(F)ccc12.O=CO. The van der Waals surface area contributed by atoms with Gasteiger partial charge in [-0.3, -0.25) is 4.79 Å². The Hall–Kier alpha value is -2.99. The maximum Gasteiger partial charge on any atom is 0.290 e. The molecule has 0 aliphatic rings. The predicted octanol–water partition coefficient (Wildman–Crippen LogP) is 3.66. The van der Waals surface area contributed by atoms with E-state index >= 15 is 0 Å². The zero-order valence-corrected chi connectivity index (χ0v) is 13.7. The van der Waals surface area contributed by atoms with Gasteiger partial charge in [-0.2, -0.15) is 0 Å². The van der Waals surface area contributed by atoms with Crippen LogP contribution in [0.2, 0.25) is 0 Å². The fourth-order valence-electron chi connectivity index (χ4n) is 2.56. The highest BCUT2D eigenvalue weighted by molar-refractivity contribution is 5.84. The van der Waals surface area contributed by atoms with Crippen molar-refractivity contribution in [3.63, 3.8) is 0 Å². The van der Waals surface area contributed by atoms with Gasteiger partial charge in [0.2, 0.25) is 0 Å². The lowest BCUT2D eigenvalue weighted by Gasteiger charge is -2.12. The molecule has 25 heavy (non-hydrogen) atoms.